The van der Waals surface area contributed by atoms with Crippen molar-refractivity contribution in [2.75, 3.05) is 18.4 Å². The highest BCUT2D eigenvalue weighted by atomic mass is 16.5. The molecule has 0 aromatic heterocycles. The molecule has 1 rings (SSSR count). The maximum absolute atomic E-state index is 13.4. The maximum atomic E-state index is 13.4. The average molecular weight is 675 g/mol. The van der Waals surface area contributed by atoms with Gasteiger partial charge in [0.05, 0.1) is 0 Å². The smallest absolute Gasteiger partial charge is 0.407 e. The third-order valence-corrected chi connectivity index (χ3v) is 7.66. The quantitative estimate of drug-likeness (QED) is 0.0958. The second-order valence-electron chi connectivity index (χ2n) is 15.3. The van der Waals surface area contributed by atoms with Gasteiger partial charge < -0.3 is 37.1 Å². The van der Waals surface area contributed by atoms with E-state index in [9.17, 15) is 24.0 Å². The number of primary amides is 1. The molecule has 0 saturated heterocycles. The van der Waals surface area contributed by atoms with Crippen molar-refractivity contribution >= 4 is 35.5 Å². The zero-order valence-corrected chi connectivity index (χ0v) is 30.6. The number of nitrogens with one attached hydrogen (secondary N) is 5. The highest BCUT2D eigenvalue weighted by Crippen LogP contribution is 2.22. The third kappa shape index (κ3) is 20.4. The topological polar surface area (TPSA) is 181 Å². The Labute approximate surface area is 287 Å². The van der Waals surface area contributed by atoms with Gasteiger partial charge in [-0.3, -0.25) is 14.4 Å². The van der Waals surface area contributed by atoms with E-state index in [-0.39, 0.29) is 42.2 Å². The van der Waals surface area contributed by atoms with Crippen molar-refractivity contribution in [1.82, 2.24) is 21.3 Å². The summed E-state index contributed by atoms with van der Waals surface area (Å²) < 4.78 is 5.29. The summed E-state index contributed by atoms with van der Waals surface area (Å²) in [7, 11) is 0. The van der Waals surface area contributed by atoms with Gasteiger partial charge in [0.1, 0.15) is 18.7 Å². The van der Waals surface area contributed by atoms with Gasteiger partial charge in [0.25, 0.3) is 0 Å². The molecule has 0 fully saturated rings. The first-order chi connectivity index (χ1) is 22.4. The molecule has 0 saturated carbocycles. The number of anilines is 1. The fourth-order valence-electron chi connectivity index (χ4n) is 4.87. The molecule has 0 aliphatic rings. The van der Waals surface area contributed by atoms with Crippen molar-refractivity contribution in [3.8, 4) is 0 Å². The van der Waals surface area contributed by atoms with Gasteiger partial charge >= 0.3 is 12.1 Å². The summed E-state index contributed by atoms with van der Waals surface area (Å²) in [4.78, 5) is 62.6. The van der Waals surface area contributed by atoms with Gasteiger partial charge in [0.15, 0.2) is 0 Å². The molecule has 6 amide bonds. The number of rotatable bonds is 20. The fourth-order valence-corrected chi connectivity index (χ4v) is 4.87. The zero-order valence-electron chi connectivity index (χ0n) is 30.6. The van der Waals surface area contributed by atoms with Crippen molar-refractivity contribution < 1.29 is 28.7 Å². The summed E-state index contributed by atoms with van der Waals surface area (Å²) in [5.74, 6) is -1.32. The normalized spacial score (nSPS) is 12.9. The zero-order chi connectivity index (χ0) is 36.3. The van der Waals surface area contributed by atoms with Crippen LogP contribution in [0.1, 0.15) is 119 Å². The number of alkyl carbamates (subject to hydrolysis) is 1. The largest absolute Gasteiger partial charge is 0.445 e. The predicted molar refractivity (Wildman–Crippen MR) is 190 cm³/mol. The Bertz CT molecular complexity index is 1160. The minimum absolute atomic E-state index is 0.0735. The van der Waals surface area contributed by atoms with Gasteiger partial charge in [-0.15, -0.1) is 0 Å². The molecule has 2 atom stereocenters. The van der Waals surface area contributed by atoms with E-state index in [0.29, 0.717) is 25.1 Å². The third-order valence-electron chi connectivity index (χ3n) is 7.66. The molecule has 1 aromatic rings. The first-order valence-electron chi connectivity index (χ1n) is 17.3. The van der Waals surface area contributed by atoms with Crippen molar-refractivity contribution in [2.24, 2.45) is 22.5 Å². The Morgan fingerprint density at radius 3 is 1.94 bits per heavy atom. The number of ether oxygens (including phenoxy) is 1. The van der Waals surface area contributed by atoms with E-state index in [4.69, 9.17) is 10.5 Å². The lowest BCUT2D eigenvalue weighted by molar-refractivity contribution is -0.132. The van der Waals surface area contributed by atoms with Gasteiger partial charge in [-0.05, 0) is 73.0 Å². The molecule has 0 unspecified atom stereocenters. The van der Waals surface area contributed by atoms with Crippen LogP contribution in [-0.2, 0) is 25.7 Å². The lowest BCUT2D eigenvalue weighted by atomic mass is 9.89. The number of nitrogens with two attached hydrogens (primary N) is 1. The Morgan fingerprint density at radius 2 is 1.35 bits per heavy atom. The van der Waals surface area contributed by atoms with E-state index in [2.05, 4.69) is 68.1 Å². The summed E-state index contributed by atoms with van der Waals surface area (Å²) in [6, 6.07) is 4.41. The van der Waals surface area contributed by atoms with Crippen LogP contribution in [0.3, 0.4) is 0 Å². The van der Waals surface area contributed by atoms with Crippen LogP contribution < -0.4 is 32.3 Å². The van der Waals surface area contributed by atoms with Gasteiger partial charge in [0.2, 0.25) is 17.7 Å². The molecule has 0 aliphatic heterocycles. The summed E-state index contributed by atoms with van der Waals surface area (Å²) in [5, 5.41) is 13.7. The highest BCUT2D eigenvalue weighted by Gasteiger charge is 2.29. The molecular formula is C36H62N6O6. The fraction of sp³-hybridized carbons (Fsp3) is 0.694. The second-order valence-corrected chi connectivity index (χ2v) is 15.3. The molecule has 0 aliphatic carbocycles. The van der Waals surface area contributed by atoms with Crippen molar-refractivity contribution in [2.45, 2.75) is 132 Å². The van der Waals surface area contributed by atoms with Crippen LogP contribution in [0.25, 0.3) is 0 Å². The predicted octanol–water partition coefficient (Wildman–Crippen LogP) is 5.75. The van der Waals surface area contributed by atoms with Gasteiger partial charge in [-0.1, -0.05) is 80.4 Å². The lowest BCUT2D eigenvalue weighted by Crippen LogP contribution is -2.54. The lowest BCUT2D eigenvalue weighted by Gasteiger charge is -2.25. The molecule has 0 radical (unpaired) electrons. The Morgan fingerprint density at radius 1 is 0.750 bits per heavy atom. The van der Waals surface area contributed by atoms with Crippen LogP contribution in [0.5, 0.6) is 0 Å². The molecule has 48 heavy (non-hydrogen) atoms. The van der Waals surface area contributed by atoms with Crippen LogP contribution in [0, 0.1) is 16.7 Å². The molecule has 1 aromatic carbocycles. The van der Waals surface area contributed by atoms with E-state index in [0.717, 1.165) is 44.1 Å². The molecule has 12 nitrogen and oxygen atoms in total. The standard InChI is InChI=1S/C36H62N6O6/c1-25(2)30(42-29(43)15-10-9-11-20-35(3,4)5)32(45)41-28(14-12-22-38-33(37)46)31(44)40-27-18-16-26(17-19-27)24-48-34(47)39-23-13-21-36(6,7)8/h16-19,25,28,30H,9-15,20-24H2,1-8H3,(H,39,47)(H,40,44)(H,41,45)(H,42,43)(H3,37,38,46)/t28-,30-/m0/s1. The number of unbranched alkanes of at least 4 members (excludes halogenated alkanes) is 2. The number of carbonyl (C=O) groups excluding carboxylic acids is 5. The minimum atomic E-state index is -0.937. The van der Waals surface area contributed by atoms with E-state index >= 15 is 0 Å². The first kappa shape index (κ1) is 42.2. The SMILES string of the molecule is CC(C)[C@H](NC(=O)CCCCCC(C)(C)C)C(=O)N[C@@H](CCCNC(N)=O)C(=O)Nc1ccc(COC(=O)NCCCC(C)(C)C)cc1. The second kappa shape index (κ2) is 21.2. The van der Waals surface area contributed by atoms with Crippen molar-refractivity contribution in [3.05, 3.63) is 29.8 Å². The Hall–Kier alpha value is -3.83. The van der Waals surface area contributed by atoms with E-state index in [1.807, 2.05) is 13.8 Å². The van der Waals surface area contributed by atoms with Crippen molar-refractivity contribution in [3.63, 3.8) is 0 Å². The highest BCUT2D eigenvalue weighted by molar-refractivity contribution is 5.98. The molecule has 272 valence electrons. The molecule has 0 heterocycles. The number of amides is 6. The number of urea groups is 1. The van der Waals surface area contributed by atoms with Crippen molar-refractivity contribution in [1.29, 1.82) is 0 Å². The minimum Gasteiger partial charge on any atom is -0.445 e. The number of benzene rings is 1. The van der Waals surface area contributed by atoms with Gasteiger partial charge in [-0.25, -0.2) is 9.59 Å². The van der Waals surface area contributed by atoms with Crippen LogP contribution in [-0.4, -0.2) is 55.0 Å². The number of hydrogen-bond acceptors (Lipinski definition) is 6. The summed E-state index contributed by atoms with van der Waals surface area (Å²) in [6.45, 7) is 17.6. The van der Waals surface area contributed by atoms with Crippen LogP contribution in [0.4, 0.5) is 15.3 Å². The van der Waals surface area contributed by atoms with Crippen LogP contribution in [0.2, 0.25) is 0 Å². The summed E-state index contributed by atoms with van der Waals surface area (Å²) in [5.41, 5.74) is 6.85. The molecule has 12 heteroatoms. The molecule has 0 spiro atoms. The molecular weight excluding hydrogens is 612 g/mol. The van der Waals surface area contributed by atoms with Crippen LogP contribution in [0.15, 0.2) is 24.3 Å². The summed E-state index contributed by atoms with van der Waals surface area (Å²) >= 11 is 0. The Balaban J connectivity index is 2.76. The van der Waals surface area contributed by atoms with Crippen LogP contribution >= 0.6 is 0 Å². The van der Waals surface area contributed by atoms with Gasteiger partial charge in [0, 0.05) is 25.2 Å². The monoisotopic (exact) mass is 674 g/mol. The number of carbonyl (C=O) groups is 5. The molecule has 7 N–H and O–H groups in total. The first-order valence-corrected chi connectivity index (χ1v) is 17.3. The van der Waals surface area contributed by atoms with E-state index in [1.165, 1.54) is 0 Å². The number of hydrogen-bond donors (Lipinski definition) is 6. The van der Waals surface area contributed by atoms with E-state index in [1.54, 1.807) is 24.3 Å². The Kier molecular flexibility index (Phi) is 18.6. The van der Waals surface area contributed by atoms with Gasteiger partial charge in [-0.2, -0.15) is 0 Å². The maximum Gasteiger partial charge on any atom is 0.407 e. The molecule has 0 bridgehead atoms. The summed E-state index contributed by atoms with van der Waals surface area (Å²) in [6.07, 6.45) is 6.09. The van der Waals surface area contributed by atoms with E-state index < -0.39 is 36.0 Å². The average Bonchev–Trinajstić information content (AvgIpc) is 2.97.